The lowest BCUT2D eigenvalue weighted by Crippen LogP contribution is -1.96. The van der Waals surface area contributed by atoms with Crippen LogP contribution in [-0.4, -0.2) is 4.57 Å². The fourth-order valence-corrected chi connectivity index (χ4v) is 4.38. The van der Waals surface area contributed by atoms with E-state index in [1.807, 2.05) is 42.5 Å². The van der Waals surface area contributed by atoms with Gasteiger partial charge in [0.1, 0.15) is 11.2 Å². The molecule has 0 radical (unpaired) electrons. The Balaban J connectivity index is 1.83. The van der Waals surface area contributed by atoms with E-state index in [0.717, 1.165) is 49.4 Å². The van der Waals surface area contributed by atoms with Crippen LogP contribution in [0.4, 0.5) is 0 Å². The third-order valence-corrected chi connectivity index (χ3v) is 5.61. The zero-order valence-corrected chi connectivity index (χ0v) is 15.8. The maximum Gasteiger partial charge on any atom is 0.145 e. The Hall–Kier alpha value is -4.54. The highest BCUT2D eigenvalue weighted by atomic mass is 16.3. The molecule has 0 N–H and O–H groups in total. The maximum atomic E-state index is 9.44. The van der Waals surface area contributed by atoms with Crippen molar-refractivity contribution in [1.29, 1.82) is 10.5 Å². The van der Waals surface area contributed by atoms with Crippen molar-refractivity contribution < 1.29 is 4.42 Å². The van der Waals surface area contributed by atoms with Crippen molar-refractivity contribution in [3.05, 3.63) is 90.0 Å². The standard InChI is InChI=1S/C26H13N3O/c27-14-16-11-17(15-28)13-18(12-16)29-22-7-3-1-6-21(22)25-23(29)10-9-20-19-5-2-4-8-24(19)30-26(20)25/h1-13H. The zero-order valence-electron chi connectivity index (χ0n) is 15.8. The van der Waals surface area contributed by atoms with Crippen LogP contribution in [-0.2, 0) is 0 Å². The van der Waals surface area contributed by atoms with Crippen LogP contribution in [0.3, 0.4) is 0 Å². The Morgan fingerprint density at radius 3 is 2.13 bits per heavy atom. The second-order valence-corrected chi connectivity index (χ2v) is 7.28. The first-order valence-corrected chi connectivity index (χ1v) is 9.57. The number of rotatable bonds is 1. The summed E-state index contributed by atoms with van der Waals surface area (Å²) in [6.07, 6.45) is 0. The third-order valence-electron chi connectivity index (χ3n) is 5.61. The van der Waals surface area contributed by atoms with Crippen molar-refractivity contribution >= 4 is 43.7 Å². The summed E-state index contributed by atoms with van der Waals surface area (Å²) in [5.41, 5.74) is 5.38. The number of para-hydroxylation sites is 2. The minimum atomic E-state index is 0.458. The molecule has 6 aromatic rings. The lowest BCUT2D eigenvalue weighted by Gasteiger charge is -2.09. The average molecular weight is 383 g/mol. The third kappa shape index (κ3) is 2.13. The van der Waals surface area contributed by atoms with Crippen molar-refractivity contribution in [3.63, 3.8) is 0 Å². The highest BCUT2D eigenvalue weighted by Gasteiger charge is 2.18. The van der Waals surface area contributed by atoms with E-state index in [9.17, 15) is 10.5 Å². The summed E-state index contributed by atoms with van der Waals surface area (Å²) in [7, 11) is 0. The smallest absolute Gasteiger partial charge is 0.145 e. The van der Waals surface area contributed by atoms with E-state index in [1.54, 1.807) is 6.07 Å². The molecule has 0 spiro atoms. The lowest BCUT2D eigenvalue weighted by atomic mass is 10.1. The summed E-state index contributed by atoms with van der Waals surface area (Å²) in [5, 5.41) is 23.1. The lowest BCUT2D eigenvalue weighted by molar-refractivity contribution is 0.673. The molecule has 4 aromatic carbocycles. The normalized spacial score (nSPS) is 11.3. The molecule has 2 heterocycles. The second-order valence-electron chi connectivity index (χ2n) is 7.28. The van der Waals surface area contributed by atoms with Gasteiger partial charge in [0.05, 0.1) is 39.7 Å². The summed E-state index contributed by atoms with van der Waals surface area (Å²) in [6, 6.07) is 29.9. The molecule has 0 aliphatic heterocycles. The van der Waals surface area contributed by atoms with Gasteiger partial charge in [0.2, 0.25) is 0 Å². The Morgan fingerprint density at radius 2 is 1.37 bits per heavy atom. The van der Waals surface area contributed by atoms with Gasteiger partial charge in [0, 0.05) is 21.8 Å². The highest BCUT2D eigenvalue weighted by molar-refractivity contribution is 6.23. The summed E-state index contributed by atoms with van der Waals surface area (Å²) < 4.78 is 8.39. The molecule has 4 nitrogen and oxygen atoms in total. The molecule has 2 aromatic heterocycles. The number of aromatic nitrogens is 1. The van der Waals surface area contributed by atoms with E-state index in [2.05, 4.69) is 47.0 Å². The van der Waals surface area contributed by atoms with Gasteiger partial charge < -0.3 is 8.98 Å². The summed E-state index contributed by atoms with van der Waals surface area (Å²) in [4.78, 5) is 0. The van der Waals surface area contributed by atoms with Gasteiger partial charge in [0.25, 0.3) is 0 Å². The molecule has 0 fully saturated rings. The van der Waals surface area contributed by atoms with Gasteiger partial charge in [-0.25, -0.2) is 0 Å². The largest absolute Gasteiger partial charge is 0.455 e. The average Bonchev–Trinajstić information content (AvgIpc) is 3.34. The van der Waals surface area contributed by atoms with Crippen LogP contribution in [0.1, 0.15) is 11.1 Å². The van der Waals surface area contributed by atoms with Crippen molar-refractivity contribution in [2.75, 3.05) is 0 Å². The predicted molar refractivity (Wildman–Crippen MR) is 117 cm³/mol. The number of nitrogens with zero attached hydrogens (tertiary/aromatic N) is 3. The number of furan rings is 1. The molecule has 0 aliphatic rings. The first kappa shape index (κ1) is 16.4. The maximum absolute atomic E-state index is 9.44. The molecular weight excluding hydrogens is 370 g/mol. The Bertz CT molecular complexity index is 1690. The van der Waals surface area contributed by atoms with Crippen molar-refractivity contribution in [2.45, 2.75) is 0 Å². The van der Waals surface area contributed by atoms with E-state index in [4.69, 9.17) is 4.42 Å². The molecule has 4 heteroatoms. The van der Waals surface area contributed by atoms with Crippen LogP contribution in [0.15, 0.2) is 83.3 Å². The minimum Gasteiger partial charge on any atom is -0.455 e. The van der Waals surface area contributed by atoms with Gasteiger partial charge >= 0.3 is 0 Å². The second kappa shape index (κ2) is 5.98. The topological polar surface area (TPSA) is 65.7 Å². The summed E-state index contributed by atoms with van der Waals surface area (Å²) >= 11 is 0. The molecule has 0 atom stereocenters. The van der Waals surface area contributed by atoms with E-state index in [1.165, 1.54) is 0 Å². The van der Waals surface area contributed by atoms with Crippen LogP contribution in [0, 0.1) is 22.7 Å². The Morgan fingerprint density at radius 1 is 0.667 bits per heavy atom. The van der Waals surface area contributed by atoms with Gasteiger partial charge in [-0.3, -0.25) is 0 Å². The van der Waals surface area contributed by atoms with Gasteiger partial charge in [-0.2, -0.15) is 10.5 Å². The molecule has 30 heavy (non-hydrogen) atoms. The first-order chi connectivity index (χ1) is 14.8. The zero-order chi connectivity index (χ0) is 20.2. The molecule has 0 aliphatic carbocycles. The van der Waals surface area contributed by atoms with Crippen molar-refractivity contribution in [2.24, 2.45) is 0 Å². The summed E-state index contributed by atoms with van der Waals surface area (Å²) in [5.74, 6) is 0. The van der Waals surface area contributed by atoms with Crippen LogP contribution >= 0.6 is 0 Å². The summed E-state index contributed by atoms with van der Waals surface area (Å²) in [6.45, 7) is 0. The fourth-order valence-electron chi connectivity index (χ4n) is 4.38. The fraction of sp³-hybridized carbons (Fsp3) is 0. The van der Waals surface area contributed by atoms with Crippen LogP contribution in [0.5, 0.6) is 0 Å². The van der Waals surface area contributed by atoms with Crippen LogP contribution < -0.4 is 0 Å². The van der Waals surface area contributed by atoms with E-state index < -0.39 is 0 Å². The van der Waals surface area contributed by atoms with Crippen LogP contribution in [0.2, 0.25) is 0 Å². The molecular formula is C26H13N3O. The van der Waals surface area contributed by atoms with Crippen molar-refractivity contribution in [3.8, 4) is 17.8 Å². The number of nitriles is 2. The highest BCUT2D eigenvalue weighted by Crippen LogP contribution is 2.40. The number of benzene rings is 4. The molecule has 0 saturated carbocycles. The van der Waals surface area contributed by atoms with Gasteiger partial charge in [0.15, 0.2) is 0 Å². The quantitative estimate of drug-likeness (QED) is 0.329. The molecule has 0 bridgehead atoms. The van der Waals surface area contributed by atoms with E-state index in [-0.39, 0.29) is 0 Å². The van der Waals surface area contributed by atoms with E-state index >= 15 is 0 Å². The Labute approximate surface area is 171 Å². The molecule has 0 unspecified atom stereocenters. The SMILES string of the molecule is N#Cc1cc(C#N)cc(-n2c3ccccc3c3c4oc5ccccc5c4ccc32)c1. The van der Waals surface area contributed by atoms with E-state index in [0.29, 0.717) is 11.1 Å². The van der Waals surface area contributed by atoms with Crippen molar-refractivity contribution in [1.82, 2.24) is 4.57 Å². The van der Waals surface area contributed by atoms with Gasteiger partial charge in [-0.1, -0.05) is 36.4 Å². The monoisotopic (exact) mass is 383 g/mol. The first-order valence-electron chi connectivity index (χ1n) is 9.57. The molecule has 138 valence electrons. The molecule has 0 amide bonds. The number of hydrogen-bond donors (Lipinski definition) is 0. The number of fused-ring (bicyclic) bond motifs is 7. The Kier molecular flexibility index (Phi) is 3.27. The van der Waals surface area contributed by atoms with Gasteiger partial charge in [-0.05, 0) is 42.5 Å². The number of hydrogen-bond acceptors (Lipinski definition) is 3. The molecule has 6 rings (SSSR count). The minimum absolute atomic E-state index is 0.458. The van der Waals surface area contributed by atoms with Gasteiger partial charge in [-0.15, -0.1) is 0 Å². The molecule has 0 saturated heterocycles. The van der Waals surface area contributed by atoms with Crippen LogP contribution in [0.25, 0.3) is 49.4 Å². The predicted octanol–water partition coefficient (Wildman–Crippen LogP) is 6.43.